The van der Waals surface area contributed by atoms with E-state index in [1.165, 1.54) is 0 Å². The number of ether oxygens (including phenoxy) is 1. The van der Waals surface area contributed by atoms with Crippen LogP contribution in [0.25, 0.3) is 0 Å². The van der Waals surface area contributed by atoms with E-state index >= 15 is 0 Å². The number of carbonyl (C=O) groups is 1. The molecule has 2 aromatic carbocycles. The molecule has 5 heteroatoms. The maximum Gasteiger partial charge on any atom is 0.321 e. The highest BCUT2D eigenvalue weighted by Gasteiger charge is 2.23. The highest BCUT2D eigenvalue weighted by atomic mass is 35.5. The van der Waals surface area contributed by atoms with E-state index in [2.05, 4.69) is 12.2 Å². The summed E-state index contributed by atoms with van der Waals surface area (Å²) in [6.07, 6.45) is 1.07. The molecule has 1 heterocycles. The highest BCUT2D eigenvalue weighted by Crippen LogP contribution is 2.24. The molecule has 2 amide bonds. The number of likely N-dealkylation sites (tertiary alicyclic amines) is 1. The molecular formula is C20H23ClN2O2. The van der Waals surface area contributed by atoms with Crippen LogP contribution < -0.4 is 10.1 Å². The van der Waals surface area contributed by atoms with Crippen molar-refractivity contribution in [3.05, 3.63) is 58.6 Å². The maximum absolute atomic E-state index is 12.3. The molecular weight excluding hydrogens is 336 g/mol. The number of nitrogens with one attached hydrogen (secondary N) is 1. The number of hydrogen-bond donors (Lipinski definition) is 1. The van der Waals surface area contributed by atoms with Gasteiger partial charge in [0, 0.05) is 23.8 Å². The van der Waals surface area contributed by atoms with Gasteiger partial charge in [0.25, 0.3) is 0 Å². The average Bonchev–Trinajstić information content (AvgIpc) is 3.02. The van der Waals surface area contributed by atoms with Gasteiger partial charge in [0.1, 0.15) is 12.4 Å². The second-order valence-electron chi connectivity index (χ2n) is 6.67. The molecule has 132 valence electrons. The van der Waals surface area contributed by atoms with E-state index in [1.807, 2.05) is 54.3 Å². The quantitative estimate of drug-likeness (QED) is 0.825. The lowest BCUT2D eigenvalue weighted by molar-refractivity contribution is 0.221. The maximum atomic E-state index is 12.3. The van der Waals surface area contributed by atoms with Crippen molar-refractivity contribution in [1.82, 2.24) is 4.90 Å². The van der Waals surface area contributed by atoms with Gasteiger partial charge in [-0.1, -0.05) is 30.7 Å². The van der Waals surface area contributed by atoms with Crippen LogP contribution >= 0.6 is 11.6 Å². The molecule has 0 radical (unpaired) electrons. The number of hydrogen-bond acceptors (Lipinski definition) is 2. The van der Waals surface area contributed by atoms with Crippen LogP contribution in [-0.4, -0.2) is 24.0 Å². The van der Waals surface area contributed by atoms with Crippen LogP contribution in [0, 0.1) is 12.8 Å². The fourth-order valence-electron chi connectivity index (χ4n) is 2.97. The van der Waals surface area contributed by atoms with Crippen LogP contribution in [0.4, 0.5) is 10.5 Å². The van der Waals surface area contributed by atoms with Gasteiger partial charge in [-0.2, -0.15) is 0 Å². The van der Waals surface area contributed by atoms with E-state index in [1.54, 1.807) is 0 Å². The third-order valence-electron chi connectivity index (χ3n) is 4.45. The van der Waals surface area contributed by atoms with Gasteiger partial charge in [-0.3, -0.25) is 0 Å². The molecule has 1 aliphatic heterocycles. The first-order valence-electron chi connectivity index (χ1n) is 8.55. The zero-order valence-electron chi connectivity index (χ0n) is 14.6. The summed E-state index contributed by atoms with van der Waals surface area (Å²) in [6, 6.07) is 13.3. The molecule has 3 rings (SSSR count). The summed E-state index contributed by atoms with van der Waals surface area (Å²) >= 11 is 5.98. The molecule has 0 aromatic heterocycles. The van der Waals surface area contributed by atoms with E-state index in [4.69, 9.17) is 16.3 Å². The minimum Gasteiger partial charge on any atom is -0.489 e. The highest BCUT2D eigenvalue weighted by molar-refractivity contribution is 6.30. The standard InChI is InChI=1S/C20H23ClN2O2/c1-14-8-9-23(12-14)20(24)22-19-7-6-18(10-15(19)2)25-13-16-4-3-5-17(21)11-16/h3-7,10-11,14H,8-9,12-13H2,1-2H3,(H,22,24). The van der Waals surface area contributed by atoms with Crippen molar-refractivity contribution in [2.24, 2.45) is 5.92 Å². The van der Waals surface area contributed by atoms with Crippen LogP contribution in [0.5, 0.6) is 5.75 Å². The monoisotopic (exact) mass is 358 g/mol. The lowest BCUT2D eigenvalue weighted by Gasteiger charge is -2.18. The molecule has 0 spiro atoms. The molecule has 1 saturated heterocycles. The number of anilines is 1. The van der Waals surface area contributed by atoms with E-state index in [9.17, 15) is 4.79 Å². The molecule has 2 aromatic rings. The zero-order chi connectivity index (χ0) is 17.8. The Kier molecular flexibility index (Phi) is 5.49. The first-order valence-corrected chi connectivity index (χ1v) is 8.93. The molecule has 1 unspecified atom stereocenters. The molecule has 25 heavy (non-hydrogen) atoms. The predicted octanol–water partition coefficient (Wildman–Crippen LogP) is 5.10. The van der Waals surface area contributed by atoms with Crippen molar-refractivity contribution in [1.29, 1.82) is 0 Å². The summed E-state index contributed by atoms with van der Waals surface area (Å²) in [7, 11) is 0. The number of aryl methyl sites for hydroxylation is 1. The van der Waals surface area contributed by atoms with Crippen LogP contribution in [0.2, 0.25) is 5.02 Å². The van der Waals surface area contributed by atoms with Gasteiger partial charge in [0.2, 0.25) is 0 Å². The summed E-state index contributed by atoms with van der Waals surface area (Å²) in [6.45, 7) is 6.25. The number of carbonyl (C=O) groups excluding carboxylic acids is 1. The fraction of sp³-hybridized carbons (Fsp3) is 0.350. The summed E-state index contributed by atoms with van der Waals surface area (Å²) in [4.78, 5) is 14.2. The summed E-state index contributed by atoms with van der Waals surface area (Å²) in [5, 5.41) is 3.70. The van der Waals surface area contributed by atoms with Gasteiger partial charge in [0.15, 0.2) is 0 Å². The Hall–Kier alpha value is -2.20. The van der Waals surface area contributed by atoms with Crippen LogP contribution in [-0.2, 0) is 6.61 Å². The van der Waals surface area contributed by atoms with Gasteiger partial charge in [-0.05, 0) is 60.7 Å². The summed E-state index contributed by atoms with van der Waals surface area (Å²) < 4.78 is 5.82. The Balaban J connectivity index is 1.59. The topological polar surface area (TPSA) is 41.6 Å². The van der Waals surface area contributed by atoms with Crippen molar-refractivity contribution in [3.8, 4) is 5.75 Å². The third kappa shape index (κ3) is 4.67. The van der Waals surface area contributed by atoms with Crippen molar-refractivity contribution in [3.63, 3.8) is 0 Å². The average molecular weight is 359 g/mol. The molecule has 4 nitrogen and oxygen atoms in total. The minimum absolute atomic E-state index is 0.0277. The van der Waals surface area contributed by atoms with Gasteiger partial charge < -0.3 is 15.0 Å². The van der Waals surface area contributed by atoms with E-state index in [0.717, 1.165) is 42.1 Å². The van der Waals surface area contributed by atoms with E-state index in [-0.39, 0.29) is 6.03 Å². The SMILES string of the molecule is Cc1cc(OCc2cccc(Cl)c2)ccc1NC(=O)N1CCC(C)C1. The minimum atomic E-state index is -0.0277. The Morgan fingerprint density at radius 3 is 2.84 bits per heavy atom. The number of halogens is 1. The second-order valence-corrected chi connectivity index (χ2v) is 7.10. The molecule has 1 aliphatic rings. The number of urea groups is 1. The first kappa shape index (κ1) is 17.6. The fourth-order valence-corrected chi connectivity index (χ4v) is 3.19. The molecule has 1 atom stereocenters. The lowest BCUT2D eigenvalue weighted by atomic mass is 10.2. The van der Waals surface area contributed by atoms with Crippen LogP contribution in [0.3, 0.4) is 0 Å². The molecule has 0 aliphatic carbocycles. The Bertz CT molecular complexity index is 763. The molecule has 1 N–H and O–H groups in total. The van der Waals surface area contributed by atoms with Crippen molar-refractivity contribution in [2.75, 3.05) is 18.4 Å². The van der Waals surface area contributed by atoms with E-state index in [0.29, 0.717) is 17.5 Å². The normalized spacial score (nSPS) is 16.8. The van der Waals surface area contributed by atoms with Crippen molar-refractivity contribution in [2.45, 2.75) is 26.9 Å². The number of nitrogens with zero attached hydrogens (tertiary/aromatic N) is 1. The number of amides is 2. The lowest BCUT2D eigenvalue weighted by Crippen LogP contribution is -2.33. The van der Waals surface area contributed by atoms with Gasteiger partial charge in [-0.25, -0.2) is 4.79 Å². The van der Waals surface area contributed by atoms with E-state index < -0.39 is 0 Å². The van der Waals surface area contributed by atoms with Gasteiger partial charge in [-0.15, -0.1) is 0 Å². The molecule has 1 fully saturated rings. The third-order valence-corrected chi connectivity index (χ3v) is 4.68. The summed E-state index contributed by atoms with van der Waals surface area (Å²) in [5.74, 6) is 1.35. The summed E-state index contributed by atoms with van der Waals surface area (Å²) in [5.41, 5.74) is 2.81. The Labute approximate surface area is 153 Å². The van der Waals surface area contributed by atoms with Crippen LogP contribution in [0.1, 0.15) is 24.5 Å². The largest absolute Gasteiger partial charge is 0.489 e. The smallest absolute Gasteiger partial charge is 0.321 e. The predicted molar refractivity (Wildman–Crippen MR) is 101 cm³/mol. The second kappa shape index (κ2) is 7.79. The number of rotatable bonds is 4. The Morgan fingerprint density at radius 2 is 2.16 bits per heavy atom. The van der Waals surface area contributed by atoms with Gasteiger partial charge in [0.05, 0.1) is 0 Å². The molecule has 0 saturated carbocycles. The Morgan fingerprint density at radius 1 is 1.32 bits per heavy atom. The van der Waals surface area contributed by atoms with Crippen molar-refractivity contribution >= 4 is 23.3 Å². The van der Waals surface area contributed by atoms with Crippen LogP contribution in [0.15, 0.2) is 42.5 Å². The van der Waals surface area contributed by atoms with Crippen molar-refractivity contribution < 1.29 is 9.53 Å². The van der Waals surface area contributed by atoms with Gasteiger partial charge >= 0.3 is 6.03 Å². The first-order chi connectivity index (χ1) is 12.0. The molecule has 0 bridgehead atoms. The zero-order valence-corrected chi connectivity index (χ0v) is 15.3. The number of benzene rings is 2.